The first-order valence-electron chi connectivity index (χ1n) is 6.07. The third-order valence-corrected chi connectivity index (χ3v) is 3.69. The summed E-state index contributed by atoms with van der Waals surface area (Å²) in [5, 5.41) is 19.8. The minimum absolute atomic E-state index is 0.0616. The van der Waals surface area contributed by atoms with Gasteiger partial charge in [-0.25, -0.2) is 4.79 Å². The van der Waals surface area contributed by atoms with Crippen LogP contribution in [0.2, 0.25) is 4.34 Å². The molecule has 6 nitrogen and oxygen atoms in total. The fraction of sp³-hybridized carbons (Fsp3) is 0.308. The molecule has 1 atom stereocenters. The van der Waals surface area contributed by atoms with Crippen molar-refractivity contribution in [2.24, 2.45) is 0 Å². The predicted octanol–water partition coefficient (Wildman–Crippen LogP) is 2.24. The topological polar surface area (TPSA) is 104 Å². The number of nitrogens with one attached hydrogen (secondary N) is 1. The van der Waals surface area contributed by atoms with Gasteiger partial charge in [-0.1, -0.05) is 11.6 Å². The van der Waals surface area contributed by atoms with Crippen LogP contribution in [0.25, 0.3) is 6.08 Å². The molecule has 1 aromatic heterocycles. The molecule has 1 heterocycles. The van der Waals surface area contributed by atoms with Gasteiger partial charge in [-0.2, -0.15) is 0 Å². The second-order valence-electron chi connectivity index (χ2n) is 4.16. The average Bonchev–Trinajstić information content (AvgIpc) is 2.80. The van der Waals surface area contributed by atoms with Gasteiger partial charge >= 0.3 is 11.9 Å². The van der Waals surface area contributed by atoms with Crippen LogP contribution in [0.3, 0.4) is 0 Å². The highest BCUT2D eigenvalue weighted by molar-refractivity contribution is 7.17. The van der Waals surface area contributed by atoms with Gasteiger partial charge in [0.2, 0.25) is 5.91 Å². The monoisotopic (exact) mass is 331 g/mol. The maximum atomic E-state index is 11.6. The van der Waals surface area contributed by atoms with Gasteiger partial charge in [-0.15, -0.1) is 11.3 Å². The molecule has 1 aromatic rings. The highest BCUT2D eigenvalue weighted by Crippen LogP contribution is 2.22. The van der Waals surface area contributed by atoms with Crippen LogP contribution in [0.1, 0.15) is 24.1 Å². The van der Waals surface area contributed by atoms with Crippen LogP contribution in [-0.2, 0) is 14.4 Å². The number of carboxylic acid groups (broad SMARTS) is 2. The largest absolute Gasteiger partial charge is 0.481 e. The fourth-order valence-electron chi connectivity index (χ4n) is 1.51. The number of hydrogen-bond acceptors (Lipinski definition) is 4. The number of carbonyl (C=O) groups is 3. The Morgan fingerprint density at radius 3 is 2.57 bits per heavy atom. The molecule has 0 saturated carbocycles. The fourth-order valence-corrected chi connectivity index (χ4v) is 2.47. The molecule has 114 valence electrons. The van der Waals surface area contributed by atoms with Crippen molar-refractivity contribution in [1.82, 2.24) is 5.32 Å². The third kappa shape index (κ3) is 6.92. The number of halogens is 1. The number of amides is 1. The molecule has 1 amide bonds. The first-order valence-corrected chi connectivity index (χ1v) is 7.26. The Kier molecular flexibility index (Phi) is 6.90. The molecular weight excluding hydrogens is 318 g/mol. The Labute approximate surface area is 130 Å². The van der Waals surface area contributed by atoms with Crippen molar-refractivity contribution in [2.75, 3.05) is 0 Å². The molecule has 0 fully saturated rings. The number of rotatable bonds is 8. The van der Waals surface area contributed by atoms with Crippen molar-refractivity contribution >= 4 is 46.9 Å². The van der Waals surface area contributed by atoms with Crippen LogP contribution in [-0.4, -0.2) is 34.1 Å². The van der Waals surface area contributed by atoms with E-state index in [1.165, 1.54) is 23.5 Å². The molecule has 0 spiro atoms. The van der Waals surface area contributed by atoms with E-state index in [2.05, 4.69) is 5.32 Å². The van der Waals surface area contributed by atoms with Crippen molar-refractivity contribution in [3.63, 3.8) is 0 Å². The highest BCUT2D eigenvalue weighted by Gasteiger charge is 2.18. The summed E-state index contributed by atoms with van der Waals surface area (Å²) in [6.07, 6.45) is 2.85. The standard InChI is InChI=1S/C13H14ClNO5S/c14-10-6-4-8(21-10)5-7-11(16)15-9(13(19)20)2-1-3-12(17)18/h4-7,9H,1-3H2,(H,15,16)(H,17,18)(H,19,20)/b7-5+/t9-/m1/s1. The molecule has 21 heavy (non-hydrogen) atoms. The van der Waals surface area contributed by atoms with Crippen LogP contribution in [0.15, 0.2) is 18.2 Å². The Bertz CT molecular complexity index is 555. The van der Waals surface area contributed by atoms with Crippen LogP contribution in [0.4, 0.5) is 0 Å². The van der Waals surface area contributed by atoms with Crippen LogP contribution in [0, 0.1) is 0 Å². The van der Waals surface area contributed by atoms with Crippen LogP contribution in [0.5, 0.6) is 0 Å². The molecule has 0 aliphatic heterocycles. The van der Waals surface area contributed by atoms with Gasteiger partial charge in [0.15, 0.2) is 0 Å². The lowest BCUT2D eigenvalue weighted by atomic mass is 10.1. The van der Waals surface area contributed by atoms with Crippen molar-refractivity contribution in [1.29, 1.82) is 0 Å². The lowest BCUT2D eigenvalue weighted by Crippen LogP contribution is -2.39. The summed E-state index contributed by atoms with van der Waals surface area (Å²) in [5.41, 5.74) is 0. The third-order valence-electron chi connectivity index (χ3n) is 2.49. The Morgan fingerprint density at radius 2 is 2.05 bits per heavy atom. The SMILES string of the molecule is O=C(O)CCC[C@@H](NC(=O)/C=C/c1ccc(Cl)s1)C(=O)O. The minimum atomic E-state index is -1.19. The summed E-state index contributed by atoms with van der Waals surface area (Å²) in [5.74, 6) is -2.75. The van der Waals surface area contributed by atoms with Crippen molar-refractivity contribution in [3.8, 4) is 0 Å². The van der Waals surface area contributed by atoms with E-state index in [9.17, 15) is 14.4 Å². The molecule has 0 aromatic carbocycles. The number of aliphatic carboxylic acids is 2. The van der Waals surface area contributed by atoms with Crippen molar-refractivity contribution in [2.45, 2.75) is 25.3 Å². The van der Waals surface area contributed by atoms with E-state index in [-0.39, 0.29) is 19.3 Å². The van der Waals surface area contributed by atoms with E-state index in [0.29, 0.717) is 4.34 Å². The van der Waals surface area contributed by atoms with Gasteiger partial charge in [0.05, 0.1) is 4.34 Å². The predicted molar refractivity (Wildman–Crippen MR) is 79.4 cm³/mol. The summed E-state index contributed by atoms with van der Waals surface area (Å²) in [6.45, 7) is 0. The molecular formula is C13H14ClNO5S. The second-order valence-corrected chi connectivity index (χ2v) is 5.91. The van der Waals surface area contributed by atoms with E-state index in [1.54, 1.807) is 12.1 Å². The van der Waals surface area contributed by atoms with E-state index in [0.717, 1.165) is 4.88 Å². The molecule has 0 saturated heterocycles. The zero-order chi connectivity index (χ0) is 15.8. The zero-order valence-corrected chi connectivity index (χ0v) is 12.5. The molecule has 1 rings (SSSR count). The quantitative estimate of drug-likeness (QED) is 0.634. The van der Waals surface area contributed by atoms with Gasteiger partial charge in [-0.3, -0.25) is 9.59 Å². The first kappa shape index (κ1) is 17.2. The zero-order valence-electron chi connectivity index (χ0n) is 10.9. The average molecular weight is 332 g/mol. The van der Waals surface area contributed by atoms with Gasteiger partial charge < -0.3 is 15.5 Å². The molecule has 8 heteroatoms. The number of carbonyl (C=O) groups excluding carboxylic acids is 1. The summed E-state index contributed by atoms with van der Waals surface area (Å²) < 4.78 is 0.590. The lowest BCUT2D eigenvalue weighted by Gasteiger charge is -2.12. The van der Waals surface area contributed by atoms with Crippen molar-refractivity contribution < 1.29 is 24.6 Å². The Hall–Kier alpha value is -1.86. The summed E-state index contributed by atoms with van der Waals surface area (Å²) in [4.78, 5) is 33.8. The smallest absolute Gasteiger partial charge is 0.326 e. The van der Waals surface area contributed by atoms with Gasteiger partial charge in [0.1, 0.15) is 6.04 Å². The molecule has 0 bridgehead atoms. The summed E-state index contributed by atoms with van der Waals surface area (Å²) >= 11 is 7.03. The molecule has 0 radical (unpaired) electrons. The summed E-state index contributed by atoms with van der Waals surface area (Å²) in [6, 6.07) is 2.32. The number of carboxylic acids is 2. The Balaban J connectivity index is 2.50. The second kappa shape index (κ2) is 8.43. The molecule has 0 aliphatic rings. The Morgan fingerprint density at radius 1 is 1.33 bits per heavy atom. The number of hydrogen-bond donors (Lipinski definition) is 3. The first-order chi connectivity index (χ1) is 9.88. The van der Waals surface area contributed by atoms with E-state index >= 15 is 0 Å². The number of thiophene rings is 1. The van der Waals surface area contributed by atoms with E-state index in [1.807, 2.05) is 0 Å². The molecule has 0 unspecified atom stereocenters. The lowest BCUT2D eigenvalue weighted by molar-refractivity contribution is -0.142. The normalized spacial score (nSPS) is 12.2. The van der Waals surface area contributed by atoms with Gasteiger partial charge in [0, 0.05) is 17.4 Å². The highest BCUT2D eigenvalue weighted by atomic mass is 35.5. The van der Waals surface area contributed by atoms with Gasteiger partial charge in [-0.05, 0) is 31.1 Å². The van der Waals surface area contributed by atoms with Crippen molar-refractivity contribution in [3.05, 3.63) is 27.4 Å². The van der Waals surface area contributed by atoms with Crippen LogP contribution >= 0.6 is 22.9 Å². The maximum absolute atomic E-state index is 11.6. The van der Waals surface area contributed by atoms with E-state index in [4.69, 9.17) is 21.8 Å². The van der Waals surface area contributed by atoms with Crippen LogP contribution < -0.4 is 5.32 Å². The molecule has 0 aliphatic carbocycles. The minimum Gasteiger partial charge on any atom is -0.481 e. The summed E-state index contributed by atoms with van der Waals surface area (Å²) in [7, 11) is 0. The van der Waals surface area contributed by atoms with Gasteiger partial charge in [0.25, 0.3) is 0 Å². The molecule has 3 N–H and O–H groups in total. The maximum Gasteiger partial charge on any atom is 0.326 e. The van der Waals surface area contributed by atoms with E-state index < -0.39 is 23.9 Å².